The van der Waals surface area contributed by atoms with Crippen LogP contribution in [0.15, 0.2) is 28.9 Å². The van der Waals surface area contributed by atoms with Crippen LogP contribution in [0.1, 0.15) is 18.2 Å². The van der Waals surface area contributed by atoms with Gasteiger partial charge in [-0.2, -0.15) is 0 Å². The molecular weight excluding hydrogens is 280 g/mol. The highest BCUT2D eigenvalue weighted by molar-refractivity contribution is 9.10. The number of aryl methyl sites for hydroxylation is 1. The van der Waals surface area contributed by atoms with Gasteiger partial charge in [-0.1, -0.05) is 28.1 Å². The second kappa shape index (κ2) is 5.42. The fourth-order valence-corrected chi connectivity index (χ4v) is 2.21. The first-order valence-electron chi connectivity index (χ1n) is 5.59. The van der Waals surface area contributed by atoms with Crippen molar-refractivity contribution < 1.29 is 0 Å². The van der Waals surface area contributed by atoms with Gasteiger partial charge in [-0.25, -0.2) is 4.68 Å². The third kappa shape index (κ3) is 2.56. The van der Waals surface area contributed by atoms with Crippen molar-refractivity contribution in [3.05, 3.63) is 40.1 Å². The fraction of sp³-hybridized carbons (Fsp3) is 0.333. The lowest BCUT2D eigenvalue weighted by atomic mass is 10.1. The average Bonchev–Trinajstić information content (AvgIpc) is 2.77. The van der Waals surface area contributed by atoms with E-state index in [4.69, 9.17) is 0 Å². The van der Waals surface area contributed by atoms with Crippen molar-refractivity contribution in [1.82, 2.24) is 20.3 Å². The van der Waals surface area contributed by atoms with Gasteiger partial charge in [-0.05, 0) is 37.2 Å². The molecule has 0 aliphatic carbocycles. The maximum Gasteiger partial charge on any atom is 0.0783 e. The van der Waals surface area contributed by atoms with Crippen LogP contribution < -0.4 is 5.32 Å². The zero-order valence-corrected chi connectivity index (χ0v) is 11.5. The van der Waals surface area contributed by atoms with E-state index in [1.165, 1.54) is 5.56 Å². The minimum absolute atomic E-state index is 0.756. The highest BCUT2D eigenvalue weighted by atomic mass is 79.9. The van der Waals surface area contributed by atoms with Gasteiger partial charge in [0.05, 0.1) is 17.6 Å². The molecule has 5 heteroatoms. The molecule has 1 heterocycles. The van der Waals surface area contributed by atoms with E-state index in [0.29, 0.717) is 0 Å². The van der Waals surface area contributed by atoms with Gasteiger partial charge >= 0.3 is 0 Å². The summed E-state index contributed by atoms with van der Waals surface area (Å²) in [5, 5.41) is 11.2. The van der Waals surface area contributed by atoms with E-state index in [0.717, 1.165) is 28.8 Å². The highest BCUT2D eigenvalue weighted by Crippen LogP contribution is 2.21. The Morgan fingerprint density at radius 3 is 2.94 bits per heavy atom. The molecule has 2 aromatic rings. The summed E-state index contributed by atoms with van der Waals surface area (Å²) < 4.78 is 2.98. The van der Waals surface area contributed by atoms with Gasteiger partial charge in [0.1, 0.15) is 0 Å². The summed E-state index contributed by atoms with van der Waals surface area (Å²) >= 11 is 3.49. The second-order valence-corrected chi connectivity index (χ2v) is 4.71. The van der Waals surface area contributed by atoms with Crippen LogP contribution in [0.5, 0.6) is 0 Å². The molecule has 0 saturated carbocycles. The van der Waals surface area contributed by atoms with Crippen molar-refractivity contribution in [2.24, 2.45) is 0 Å². The molecule has 0 fully saturated rings. The summed E-state index contributed by atoms with van der Waals surface area (Å²) in [7, 11) is 1.92. The predicted molar refractivity (Wildman–Crippen MR) is 71.2 cm³/mol. The zero-order chi connectivity index (χ0) is 12.3. The third-order valence-electron chi connectivity index (χ3n) is 2.63. The first kappa shape index (κ1) is 12.3. The minimum Gasteiger partial charge on any atom is -0.314 e. The SMILES string of the molecule is CCc1cc(Br)ccc1-n1nncc1CNC. The van der Waals surface area contributed by atoms with E-state index in [2.05, 4.69) is 50.6 Å². The summed E-state index contributed by atoms with van der Waals surface area (Å²) in [4.78, 5) is 0. The van der Waals surface area contributed by atoms with Crippen LogP contribution in [0.25, 0.3) is 5.69 Å². The first-order chi connectivity index (χ1) is 8.26. The number of aromatic nitrogens is 3. The average molecular weight is 295 g/mol. The maximum absolute atomic E-state index is 4.15. The van der Waals surface area contributed by atoms with Gasteiger partial charge in [-0.3, -0.25) is 0 Å². The van der Waals surface area contributed by atoms with Crippen molar-refractivity contribution in [3.8, 4) is 5.69 Å². The molecule has 0 aliphatic rings. The lowest BCUT2D eigenvalue weighted by molar-refractivity contribution is 0.709. The number of halogens is 1. The van der Waals surface area contributed by atoms with Crippen LogP contribution in [0.3, 0.4) is 0 Å². The monoisotopic (exact) mass is 294 g/mol. The normalized spacial score (nSPS) is 10.8. The molecule has 0 amide bonds. The Morgan fingerprint density at radius 2 is 2.24 bits per heavy atom. The lowest BCUT2D eigenvalue weighted by Crippen LogP contribution is -2.12. The van der Waals surface area contributed by atoms with E-state index >= 15 is 0 Å². The van der Waals surface area contributed by atoms with Crippen molar-refractivity contribution in [2.45, 2.75) is 19.9 Å². The minimum atomic E-state index is 0.756. The zero-order valence-electron chi connectivity index (χ0n) is 9.94. The summed E-state index contributed by atoms with van der Waals surface area (Å²) in [6, 6.07) is 6.22. The molecule has 1 aromatic carbocycles. The van der Waals surface area contributed by atoms with Crippen molar-refractivity contribution >= 4 is 15.9 Å². The third-order valence-corrected chi connectivity index (χ3v) is 3.12. The number of hydrogen-bond donors (Lipinski definition) is 1. The second-order valence-electron chi connectivity index (χ2n) is 3.79. The molecular formula is C12H15BrN4. The Kier molecular flexibility index (Phi) is 3.91. The molecule has 0 atom stereocenters. The van der Waals surface area contributed by atoms with E-state index in [1.807, 2.05) is 17.8 Å². The molecule has 2 rings (SSSR count). The van der Waals surface area contributed by atoms with E-state index in [1.54, 1.807) is 6.20 Å². The number of benzene rings is 1. The van der Waals surface area contributed by atoms with Crippen molar-refractivity contribution in [3.63, 3.8) is 0 Å². The van der Waals surface area contributed by atoms with E-state index in [-0.39, 0.29) is 0 Å². The number of nitrogens with zero attached hydrogens (tertiary/aromatic N) is 3. The quantitative estimate of drug-likeness (QED) is 0.941. The van der Waals surface area contributed by atoms with Gasteiger partial charge in [0.15, 0.2) is 0 Å². The first-order valence-corrected chi connectivity index (χ1v) is 6.38. The maximum atomic E-state index is 4.15. The fourth-order valence-electron chi connectivity index (χ4n) is 1.80. The standard InChI is InChI=1S/C12H15BrN4/c1-3-9-6-10(13)4-5-12(9)17-11(7-14-2)8-15-16-17/h4-6,8,14H,3,7H2,1-2H3. The van der Waals surface area contributed by atoms with Crippen molar-refractivity contribution in [2.75, 3.05) is 7.05 Å². The molecule has 4 nitrogen and oxygen atoms in total. The largest absolute Gasteiger partial charge is 0.314 e. The molecule has 0 spiro atoms. The van der Waals surface area contributed by atoms with Crippen LogP contribution in [-0.4, -0.2) is 22.0 Å². The van der Waals surface area contributed by atoms with Crippen molar-refractivity contribution in [1.29, 1.82) is 0 Å². The van der Waals surface area contributed by atoms with Crippen LogP contribution in [0.2, 0.25) is 0 Å². The Bertz CT molecular complexity index is 507. The van der Waals surface area contributed by atoms with Crippen LogP contribution >= 0.6 is 15.9 Å². The van der Waals surface area contributed by atoms with Gasteiger partial charge in [0, 0.05) is 11.0 Å². The summed E-state index contributed by atoms with van der Waals surface area (Å²) in [6.07, 6.45) is 2.76. The molecule has 90 valence electrons. The predicted octanol–water partition coefficient (Wildman–Crippen LogP) is 2.31. The Labute approximate surface area is 109 Å². The van der Waals surface area contributed by atoms with E-state index in [9.17, 15) is 0 Å². The molecule has 17 heavy (non-hydrogen) atoms. The van der Waals surface area contributed by atoms with Gasteiger partial charge < -0.3 is 5.32 Å². The Balaban J connectivity index is 2.48. The molecule has 0 saturated heterocycles. The Hall–Kier alpha value is -1.20. The molecule has 0 bridgehead atoms. The van der Waals surface area contributed by atoms with Gasteiger partial charge in [-0.15, -0.1) is 5.10 Å². The summed E-state index contributed by atoms with van der Waals surface area (Å²) in [5.41, 5.74) is 3.41. The summed E-state index contributed by atoms with van der Waals surface area (Å²) in [6.45, 7) is 2.90. The van der Waals surface area contributed by atoms with Crippen LogP contribution in [0.4, 0.5) is 0 Å². The Morgan fingerprint density at radius 1 is 1.41 bits per heavy atom. The van der Waals surface area contributed by atoms with Crippen LogP contribution in [-0.2, 0) is 13.0 Å². The highest BCUT2D eigenvalue weighted by Gasteiger charge is 2.09. The molecule has 0 unspecified atom stereocenters. The topological polar surface area (TPSA) is 42.7 Å². The smallest absolute Gasteiger partial charge is 0.0783 e. The number of rotatable bonds is 4. The molecule has 1 aromatic heterocycles. The molecule has 0 aliphatic heterocycles. The molecule has 1 N–H and O–H groups in total. The van der Waals surface area contributed by atoms with Gasteiger partial charge in [0.25, 0.3) is 0 Å². The number of nitrogens with one attached hydrogen (secondary N) is 1. The van der Waals surface area contributed by atoms with Gasteiger partial charge in [0.2, 0.25) is 0 Å². The number of hydrogen-bond acceptors (Lipinski definition) is 3. The van der Waals surface area contributed by atoms with E-state index < -0.39 is 0 Å². The molecule has 0 radical (unpaired) electrons. The summed E-state index contributed by atoms with van der Waals surface area (Å²) in [5.74, 6) is 0. The van der Waals surface area contributed by atoms with Crippen LogP contribution in [0, 0.1) is 0 Å². The lowest BCUT2D eigenvalue weighted by Gasteiger charge is -2.10.